The second kappa shape index (κ2) is 4.91. The standard InChI is InChI=1S/C15H25N3O/c1-4-19-14-8-13(15(14,2)3)18-10-16-9-12(18)11-6-5-7-17-11/h9-11,13-14,17H,4-8H2,1-3H3/t11-,13?,14?/m0/s1. The van der Waals surface area contributed by atoms with Gasteiger partial charge in [-0.25, -0.2) is 4.98 Å². The fraction of sp³-hybridized carbons (Fsp3) is 0.800. The van der Waals surface area contributed by atoms with E-state index >= 15 is 0 Å². The summed E-state index contributed by atoms with van der Waals surface area (Å²) in [5.41, 5.74) is 1.55. The molecule has 1 aliphatic carbocycles. The van der Waals surface area contributed by atoms with Gasteiger partial charge in [0, 0.05) is 30.3 Å². The smallest absolute Gasteiger partial charge is 0.0951 e. The Balaban J connectivity index is 1.79. The molecule has 3 rings (SSSR count). The number of nitrogens with one attached hydrogen (secondary N) is 1. The Kier molecular flexibility index (Phi) is 3.39. The molecule has 19 heavy (non-hydrogen) atoms. The van der Waals surface area contributed by atoms with Gasteiger partial charge in [0.1, 0.15) is 0 Å². The lowest BCUT2D eigenvalue weighted by molar-refractivity contribution is -0.128. The second-order valence-electron chi connectivity index (χ2n) is 6.39. The monoisotopic (exact) mass is 263 g/mol. The molecule has 2 fully saturated rings. The molecule has 0 aromatic carbocycles. The summed E-state index contributed by atoms with van der Waals surface area (Å²) in [6.45, 7) is 8.64. The molecule has 106 valence electrons. The molecule has 0 bridgehead atoms. The molecule has 0 amide bonds. The number of imidazole rings is 1. The first-order chi connectivity index (χ1) is 9.14. The molecule has 1 aromatic rings. The number of hydrogen-bond acceptors (Lipinski definition) is 3. The summed E-state index contributed by atoms with van der Waals surface area (Å²) in [5, 5.41) is 3.57. The van der Waals surface area contributed by atoms with Crippen LogP contribution in [0.25, 0.3) is 0 Å². The predicted molar refractivity (Wildman–Crippen MR) is 75.1 cm³/mol. The van der Waals surface area contributed by atoms with Crippen LogP contribution in [-0.4, -0.2) is 28.8 Å². The van der Waals surface area contributed by atoms with Crippen LogP contribution in [0.1, 0.15) is 57.8 Å². The molecule has 2 heterocycles. The van der Waals surface area contributed by atoms with Gasteiger partial charge in [-0.05, 0) is 32.7 Å². The molecule has 1 saturated heterocycles. The highest BCUT2D eigenvalue weighted by atomic mass is 16.5. The van der Waals surface area contributed by atoms with Gasteiger partial charge in [0.25, 0.3) is 0 Å². The minimum Gasteiger partial charge on any atom is -0.378 e. The zero-order valence-corrected chi connectivity index (χ0v) is 12.2. The third kappa shape index (κ3) is 2.11. The highest BCUT2D eigenvalue weighted by Crippen LogP contribution is 2.52. The lowest BCUT2D eigenvalue weighted by Gasteiger charge is -2.52. The van der Waals surface area contributed by atoms with Crippen molar-refractivity contribution in [3.63, 3.8) is 0 Å². The van der Waals surface area contributed by atoms with Gasteiger partial charge in [0.05, 0.1) is 18.1 Å². The summed E-state index contributed by atoms with van der Waals surface area (Å²) in [4.78, 5) is 4.39. The van der Waals surface area contributed by atoms with Gasteiger partial charge in [-0.3, -0.25) is 0 Å². The van der Waals surface area contributed by atoms with Gasteiger partial charge in [-0.1, -0.05) is 13.8 Å². The SMILES string of the molecule is CCOC1CC(n2cncc2[C@@H]2CCCN2)C1(C)C. The van der Waals surface area contributed by atoms with Crippen molar-refractivity contribution in [1.82, 2.24) is 14.9 Å². The van der Waals surface area contributed by atoms with Crippen LogP contribution >= 0.6 is 0 Å². The van der Waals surface area contributed by atoms with Crippen molar-refractivity contribution in [3.05, 3.63) is 18.2 Å². The first kappa shape index (κ1) is 13.1. The Morgan fingerprint density at radius 3 is 3.00 bits per heavy atom. The number of ether oxygens (including phenoxy) is 1. The van der Waals surface area contributed by atoms with Crippen molar-refractivity contribution in [3.8, 4) is 0 Å². The van der Waals surface area contributed by atoms with E-state index in [4.69, 9.17) is 4.74 Å². The van der Waals surface area contributed by atoms with Crippen LogP contribution in [0.15, 0.2) is 12.5 Å². The maximum Gasteiger partial charge on any atom is 0.0951 e. The van der Waals surface area contributed by atoms with Crippen LogP contribution in [0.2, 0.25) is 0 Å². The lowest BCUT2D eigenvalue weighted by Crippen LogP contribution is -2.51. The third-order valence-electron chi connectivity index (χ3n) is 4.94. The van der Waals surface area contributed by atoms with Gasteiger partial charge in [0.15, 0.2) is 0 Å². The van der Waals surface area contributed by atoms with Crippen molar-refractivity contribution in [2.24, 2.45) is 5.41 Å². The van der Waals surface area contributed by atoms with E-state index in [1.165, 1.54) is 18.5 Å². The van der Waals surface area contributed by atoms with E-state index < -0.39 is 0 Å². The number of aromatic nitrogens is 2. The molecule has 0 radical (unpaired) electrons. The van der Waals surface area contributed by atoms with E-state index in [2.05, 4.69) is 35.6 Å². The Morgan fingerprint density at radius 1 is 1.53 bits per heavy atom. The van der Waals surface area contributed by atoms with Crippen molar-refractivity contribution >= 4 is 0 Å². The summed E-state index contributed by atoms with van der Waals surface area (Å²) in [5.74, 6) is 0. The van der Waals surface area contributed by atoms with Crippen LogP contribution in [0.3, 0.4) is 0 Å². The molecular weight excluding hydrogens is 238 g/mol. The number of nitrogens with zero attached hydrogens (tertiary/aromatic N) is 2. The molecule has 3 atom stereocenters. The van der Waals surface area contributed by atoms with Gasteiger partial charge in [-0.2, -0.15) is 0 Å². The normalized spacial score (nSPS) is 33.3. The van der Waals surface area contributed by atoms with Crippen molar-refractivity contribution in [1.29, 1.82) is 0 Å². The zero-order chi connectivity index (χ0) is 13.5. The van der Waals surface area contributed by atoms with Crippen LogP contribution < -0.4 is 5.32 Å². The van der Waals surface area contributed by atoms with E-state index in [1.54, 1.807) is 0 Å². The van der Waals surface area contributed by atoms with Crippen LogP contribution in [0, 0.1) is 5.41 Å². The first-order valence-electron chi connectivity index (χ1n) is 7.51. The fourth-order valence-electron chi connectivity index (χ4n) is 3.60. The summed E-state index contributed by atoms with van der Waals surface area (Å²) in [6, 6.07) is 1.01. The zero-order valence-electron chi connectivity index (χ0n) is 12.2. The lowest BCUT2D eigenvalue weighted by atomic mass is 9.64. The molecule has 4 heteroatoms. The Labute approximate surface area is 115 Å². The summed E-state index contributed by atoms with van der Waals surface area (Å²) < 4.78 is 8.22. The topological polar surface area (TPSA) is 39.1 Å². The largest absolute Gasteiger partial charge is 0.378 e. The van der Waals surface area contributed by atoms with E-state index in [0.717, 1.165) is 19.6 Å². The quantitative estimate of drug-likeness (QED) is 0.907. The summed E-state index contributed by atoms with van der Waals surface area (Å²) in [6.07, 6.45) is 8.03. The van der Waals surface area contributed by atoms with E-state index in [-0.39, 0.29) is 5.41 Å². The van der Waals surface area contributed by atoms with Gasteiger partial charge in [0.2, 0.25) is 0 Å². The van der Waals surface area contributed by atoms with Crippen molar-refractivity contribution in [2.75, 3.05) is 13.2 Å². The summed E-state index contributed by atoms with van der Waals surface area (Å²) >= 11 is 0. The van der Waals surface area contributed by atoms with Crippen LogP contribution in [0.4, 0.5) is 0 Å². The average molecular weight is 263 g/mol. The molecule has 1 aliphatic heterocycles. The number of rotatable bonds is 4. The molecular formula is C15H25N3O. The minimum atomic E-state index is 0.198. The highest BCUT2D eigenvalue weighted by Gasteiger charge is 2.50. The second-order valence-corrected chi connectivity index (χ2v) is 6.39. The van der Waals surface area contributed by atoms with E-state index in [0.29, 0.717) is 18.2 Å². The first-order valence-corrected chi connectivity index (χ1v) is 7.51. The molecule has 2 aliphatic rings. The van der Waals surface area contributed by atoms with Crippen LogP contribution in [0.5, 0.6) is 0 Å². The third-order valence-corrected chi connectivity index (χ3v) is 4.94. The summed E-state index contributed by atoms with van der Waals surface area (Å²) in [7, 11) is 0. The highest BCUT2D eigenvalue weighted by molar-refractivity contribution is 5.13. The van der Waals surface area contributed by atoms with Gasteiger partial charge >= 0.3 is 0 Å². The Hall–Kier alpha value is -0.870. The van der Waals surface area contributed by atoms with Crippen molar-refractivity contribution in [2.45, 2.75) is 58.2 Å². The fourth-order valence-corrected chi connectivity index (χ4v) is 3.60. The minimum absolute atomic E-state index is 0.198. The number of hydrogen-bond donors (Lipinski definition) is 1. The average Bonchev–Trinajstić information content (AvgIpc) is 3.03. The Morgan fingerprint density at radius 2 is 2.37 bits per heavy atom. The van der Waals surface area contributed by atoms with Crippen LogP contribution in [-0.2, 0) is 4.74 Å². The van der Waals surface area contributed by atoms with Gasteiger partial charge < -0.3 is 14.6 Å². The molecule has 1 N–H and O–H groups in total. The van der Waals surface area contributed by atoms with Gasteiger partial charge in [-0.15, -0.1) is 0 Å². The Bertz CT molecular complexity index is 434. The molecule has 0 spiro atoms. The maximum atomic E-state index is 5.84. The molecule has 4 nitrogen and oxygen atoms in total. The van der Waals surface area contributed by atoms with E-state index in [1.807, 2.05) is 12.5 Å². The van der Waals surface area contributed by atoms with Crippen molar-refractivity contribution < 1.29 is 4.74 Å². The maximum absolute atomic E-state index is 5.84. The molecule has 1 saturated carbocycles. The predicted octanol–water partition coefficient (Wildman–Crippen LogP) is 2.68. The van der Waals surface area contributed by atoms with E-state index in [9.17, 15) is 0 Å². The molecule has 2 unspecified atom stereocenters. The molecule has 1 aromatic heterocycles.